The minimum atomic E-state index is -3.76. The first-order valence-electron chi connectivity index (χ1n) is 37.5. The van der Waals surface area contributed by atoms with Crippen LogP contribution in [0.5, 0.6) is 0 Å². The summed E-state index contributed by atoms with van der Waals surface area (Å²) in [6, 6.07) is 36.6. The van der Waals surface area contributed by atoms with Gasteiger partial charge in [0.2, 0.25) is 33.7 Å². The monoisotopic (exact) mass is 1900 g/mol. The Morgan fingerprint density at radius 3 is 0.975 bits per heavy atom. The number of hydrogen-bond acceptors (Lipinski definition) is 25. The van der Waals surface area contributed by atoms with E-state index in [2.05, 4.69) is 31.9 Å². The van der Waals surface area contributed by atoms with Crippen LogP contribution in [0.2, 0.25) is 0 Å². The molecule has 6 rings (SSSR count). The maximum Gasteiger partial charge on any atom is 0.372 e. The summed E-state index contributed by atoms with van der Waals surface area (Å²) in [5, 5.41) is 18.3. The van der Waals surface area contributed by atoms with Gasteiger partial charge in [0, 0.05) is 67.0 Å². The third kappa shape index (κ3) is 45.9. The van der Waals surface area contributed by atoms with Crippen molar-refractivity contribution in [2.75, 3.05) is 68.9 Å². The van der Waals surface area contributed by atoms with Crippen molar-refractivity contribution in [1.82, 2.24) is 31.9 Å². The molecule has 0 aliphatic carbocycles. The molecule has 0 radical (unpaired) electrons. The molecular formula is C80H100Cl5N11O20S6. The summed E-state index contributed by atoms with van der Waals surface area (Å²) in [5.41, 5.74) is 22.8. The lowest BCUT2D eigenvalue weighted by molar-refractivity contribution is -0.121. The molecule has 0 saturated heterocycles. The van der Waals surface area contributed by atoms with E-state index in [1.807, 2.05) is 13.8 Å². The molecule has 6 aromatic carbocycles. The number of benzene rings is 6. The summed E-state index contributed by atoms with van der Waals surface area (Å²) in [7, 11) is -3.76. The molecule has 666 valence electrons. The molecule has 0 heterocycles. The maximum atomic E-state index is 12.6. The highest BCUT2D eigenvalue weighted by molar-refractivity contribution is 8.14. The number of carbonyl (C=O) groups is 14. The quantitative estimate of drug-likeness (QED) is 0.00557. The molecule has 6 aromatic rings. The lowest BCUT2D eigenvalue weighted by atomic mass is 9.98. The smallest absolute Gasteiger partial charge is 0.372 e. The van der Waals surface area contributed by atoms with Crippen LogP contribution in [0, 0.1) is 5.92 Å². The zero-order valence-electron chi connectivity index (χ0n) is 67.1. The van der Waals surface area contributed by atoms with Crippen molar-refractivity contribution in [3.63, 3.8) is 0 Å². The van der Waals surface area contributed by atoms with E-state index in [0.717, 1.165) is 84.5 Å². The Labute approximate surface area is 754 Å². The van der Waals surface area contributed by atoms with Gasteiger partial charge in [0.15, 0.2) is 0 Å². The summed E-state index contributed by atoms with van der Waals surface area (Å²) in [5.74, 6) is -2.27. The number of ether oxygens (including phenoxy) is 4. The highest BCUT2D eigenvalue weighted by atomic mass is 35.5. The van der Waals surface area contributed by atoms with Crippen molar-refractivity contribution in [2.24, 2.45) is 34.0 Å². The fraction of sp³-hybridized carbons (Fsp3) is 0.375. The van der Waals surface area contributed by atoms with Crippen LogP contribution >= 0.6 is 117 Å². The highest BCUT2D eigenvalue weighted by Crippen LogP contribution is 2.30. The van der Waals surface area contributed by atoms with Crippen LogP contribution in [0.4, 0.5) is 24.0 Å². The lowest BCUT2D eigenvalue weighted by Gasteiger charge is -2.21. The second kappa shape index (κ2) is 63.0. The van der Waals surface area contributed by atoms with Gasteiger partial charge in [-0.2, -0.15) is 0 Å². The van der Waals surface area contributed by atoms with Gasteiger partial charge in [-0.25, -0.2) is 32.7 Å². The van der Waals surface area contributed by atoms with Crippen LogP contribution in [0.25, 0.3) is 0 Å². The Balaban J connectivity index is 0.000000519. The number of carbonyl (C=O) groups excluding carboxylic acids is 14. The molecule has 0 spiro atoms. The Bertz CT molecular complexity index is 4420. The Kier molecular flexibility index (Phi) is 56.3. The molecular weight excluding hydrogens is 1800 g/mol. The second-order valence-electron chi connectivity index (χ2n) is 25.2. The largest absolute Gasteiger partial charge is 0.457 e. The second-order valence-corrected chi connectivity index (χ2v) is 33.6. The van der Waals surface area contributed by atoms with Crippen LogP contribution < -0.4 is 60.0 Å². The van der Waals surface area contributed by atoms with E-state index in [0.29, 0.717) is 121 Å². The topological polar surface area (TPSA) is 512 Å². The fourth-order valence-corrected chi connectivity index (χ4v) is 14.1. The predicted octanol–water partition coefficient (Wildman–Crippen LogP) is 13.5. The van der Waals surface area contributed by atoms with E-state index in [1.165, 1.54) is 26.0 Å². The van der Waals surface area contributed by atoms with Crippen molar-refractivity contribution >= 4 is 206 Å². The summed E-state index contributed by atoms with van der Waals surface area (Å²) >= 11 is 32.0. The minimum absolute atomic E-state index is 0.00104. The number of primary amides is 4. The van der Waals surface area contributed by atoms with E-state index in [1.54, 1.807) is 133 Å². The molecule has 0 aliphatic heterocycles. The number of thioether (sulfide) groups is 5. The number of nitrogens with two attached hydrogens (primary N) is 5. The number of primary sulfonamides is 1. The molecule has 10 amide bonds. The number of unbranched alkanes of at least 4 members (excludes halogenated alkanes) is 4. The molecule has 0 bridgehead atoms. The third-order valence-corrected chi connectivity index (χ3v) is 22.3. The molecule has 122 heavy (non-hydrogen) atoms. The van der Waals surface area contributed by atoms with Gasteiger partial charge in [-0.1, -0.05) is 93.1 Å². The SMILES string of the molecule is CCC(C)C(NC(=O)c1ccccc1SC(=O)OCCCCCl)C(N)=O.C[C@@H](NC(=O)c1ccccc1SC(=O)OCCCCCl)C(N)=O.C[C@H](NC(=O)c1ccccc1SC(=O)OCCCCCl)C(N)=O.NC(=O)CNC(=O)c1ccccc1SC(=O)NCCCCl.NS(=O)(=O)c1ccc(CNC(=O)c2ccccc2SC(=O)OCCCCCl)cc1. The first kappa shape index (κ1) is 109. The van der Waals surface area contributed by atoms with Gasteiger partial charge in [-0.3, -0.25) is 47.9 Å². The molecule has 0 saturated carbocycles. The molecule has 4 atom stereocenters. The van der Waals surface area contributed by atoms with Gasteiger partial charge in [0.25, 0.3) is 34.8 Å². The van der Waals surface area contributed by atoms with E-state index < -0.39 is 96.6 Å². The Morgan fingerprint density at radius 2 is 0.680 bits per heavy atom. The fourth-order valence-electron chi connectivity index (χ4n) is 8.97. The molecule has 0 aromatic heterocycles. The van der Waals surface area contributed by atoms with Crippen molar-refractivity contribution in [3.05, 3.63) is 179 Å². The molecule has 42 heteroatoms. The number of amides is 10. The normalized spacial score (nSPS) is 11.5. The third-order valence-electron chi connectivity index (χ3n) is 15.7. The van der Waals surface area contributed by atoms with Crippen LogP contribution in [0.15, 0.2) is 175 Å². The van der Waals surface area contributed by atoms with Crippen LogP contribution in [0.1, 0.15) is 149 Å². The minimum Gasteiger partial charge on any atom is -0.457 e. The molecule has 16 N–H and O–H groups in total. The van der Waals surface area contributed by atoms with Crippen molar-refractivity contribution < 1.29 is 94.5 Å². The van der Waals surface area contributed by atoms with Gasteiger partial charge in [-0.05, 0) is 215 Å². The number of sulfonamides is 1. The zero-order valence-corrected chi connectivity index (χ0v) is 75.8. The maximum absolute atomic E-state index is 12.6. The summed E-state index contributed by atoms with van der Waals surface area (Å²) in [6.45, 7) is 8.27. The zero-order chi connectivity index (χ0) is 91.0. The van der Waals surface area contributed by atoms with E-state index >= 15 is 0 Å². The summed E-state index contributed by atoms with van der Waals surface area (Å²) in [6.07, 6.45) is 7.18. The van der Waals surface area contributed by atoms with Crippen molar-refractivity contribution in [2.45, 2.75) is 146 Å². The van der Waals surface area contributed by atoms with Gasteiger partial charge >= 0.3 is 21.2 Å². The van der Waals surface area contributed by atoms with Crippen molar-refractivity contribution in [1.29, 1.82) is 0 Å². The van der Waals surface area contributed by atoms with Gasteiger partial charge in [0.05, 0.1) is 65.7 Å². The van der Waals surface area contributed by atoms with Gasteiger partial charge < -0.3 is 73.8 Å². The molecule has 0 aliphatic rings. The lowest BCUT2D eigenvalue weighted by Crippen LogP contribution is -2.48. The van der Waals surface area contributed by atoms with E-state index in [-0.39, 0.29) is 72.6 Å². The van der Waals surface area contributed by atoms with Crippen LogP contribution in [-0.2, 0) is 54.7 Å². The van der Waals surface area contributed by atoms with E-state index in [9.17, 15) is 75.5 Å². The van der Waals surface area contributed by atoms with Crippen LogP contribution in [-0.4, -0.2) is 175 Å². The summed E-state index contributed by atoms with van der Waals surface area (Å²) < 4.78 is 42.9. The van der Waals surface area contributed by atoms with Crippen LogP contribution in [0.3, 0.4) is 0 Å². The number of hydrogen-bond donors (Lipinski definition) is 11. The van der Waals surface area contributed by atoms with E-state index in [4.69, 9.17) is 105 Å². The highest BCUT2D eigenvalue weighted by Gasteiger charge is 2.27. The Hall–Kier alpha value is -8.99. The molecule has 0 fully saturated rings. The number of rotatable bonds is 42. The van der Waals surface area contributed by atoms with Gasteiger partial charge in [-0.15, -0.1) is 58.0 Å². The first-order chi connectivity index (χ1) is 58.2. The average molecular weight is 1910 g/mol. The Morgan fingerprint density at radius 1 is 0.377 bits per heavy atom. The molecule has 31 nitrogen and oxygen atoms in total. The number of alkyl halides is 5. The number of nitrogens with one attached hydrogen (secondary N) is 6. The molecule has 2 unspecified atom stereocenters. The number of halogens is 5. The first-order valence-corrected chi connectivity index (χ1v) is 45.8. The average Bonchev–Trinajstić information content (AvgIpc) is 0.875. The predicted molar refractivity (Wildman–Crippen MR) is 478 cm³/mol. The van der Waals surface area contributed by atoms with Crippen molar-refractivity contribution in [3.8, 4) is 0 Å². The standard InChI is InChI=1S/C19H21ClN2O5S2.C18H25ClN2O4S.2C15H19ClN2O4S.C13H16ClN3O3S/c20-11-3-4-12-27-19(24)28-17-6-2-1-5-16(17)18(23)22-13-14-7-9-15(10-8-14)29(21,25)26;1-3-12(2)15(16(20)22)21-17(23)13-8-4-5-9-14(13)26-18(24)25-11-7-6-10-19;2*1-10(13(17)19)18-14(20)11-6-2-3-7-12(11)23-15(21)22-9-5-4-8-16;14-6-3-7-16-13(20)21-10-5-2-1-4-9(10)12(19)17-8-11(15)18/h1-2,5-10H,3-4,11-13H2,(H,22,23)(H2,21,25,26);4-5,8-9,12,15H,3,6-7,10-11H2,1-2H3,(H2,20,22)(H,21,23);2*2-3,6-7,10H,4-5,8-9H2,1H3,(H2,17,19)(H,18,20);1-2,4-5H,3,6-8H2,(H2,15,18)(H,16,20)(H,17,19)/t;;2*10-;/m..10./s1. The van der Waals surface area contributed by atoms with Gasteiger partial charge in [0.1, 0.15) is 18.1 Å². The summed E-state index contributed by atoms with van der Waals surface area (Å²) in [4.78, 5) is 167.